The van der Waals surface area contributed by atoms with Crippen molar-refractivity contribution in [3.63, 3.8) is 0 Å². The summed E-state index contributed by atoms with van der Waals surface area (Å²) >= 11 is 0. The first kappa shape index (κ1) is 14.6. The Morgan fingerprint density at radius 2 is 1.38 bits per heavy atom. The smallest absolute Gasteiger partial charge is 0.227 e. The van der Waals surface area contributed by atoms with Crippen LogP contribution in [0.4, 0.5) is 11.8 Å². The number of nitrogens with zero attached hydrogens (tertiary/aromatic N) is 4. The molecule has 0 atom stereocenters. The molecule has 0 unspecified atom stereocenters. The molecule has 3 heterocycles. The highest BCUT2D eigenvalue weighted by molar-refractivity contribution is 5.46. The van der Waals surface area contributed by atoms with Crippen LogP contribution >= 0.6 is 0 Å². The lowest BCUT2D eigenvalue weighted by molar-refractivity contribution is 0.431. The van der Waals surface area contributed by atoms with Crippen LogP contribution in [0.5, 0.6) is 0 Å². The predicted octanol–water partition coefficient (Wildman–Crippen LogP) is 3.26. The Balaban J connectivity index is 1.76. The predicted molar refractivity (Wildman–Crippen MR) is 88.0 cm³/mol. The van der Waals surface area contributed by atoms with Gasteiger partial charge in [0, 0.05) is 37.9 Å². The molecule has 4 heteroatoms. The van der Waals surface area contributed by atoms with Crippen LogP contribution in [-0.4, -0.2) is 36.1 Å². The maximum atomic E-state index is 4.87. The fourth-order valence-electron chi connectivity index (χ4n) is 3.29. The summed E-state index contributed by atoms with van der Waals surface area (Å²) in [5.74, 6) is 3.76. The summed E-state index contributed by atoms with van der Waals surface area (Å²) in [6, 6.07) is 2.14. The van der Waals surface area contributed by atoms with E-state index in [1.54, 1.807) is 0 Å². The molecule has 0 radical (unpaired) electrons. The zero-order valence-corrected chi connectivity index (χ0v) is 13.7. The lowest BCUT2D eigenvalue weighted by Crippen LogP contribution is -2.36. The van der Waals surface area contributed by atoms with Crippen molar-refractivity contribution in [1.82, 2.24) is 9.97 Å². The maximum Gasteiger partial charge on any atom is 0.227 e. The molecule has 0 amide bonds. The second-order valence-electron chi connectivity index (χ2n) is 7.01. The van der Waals surface area contributed by atoms with Crippen LogP contribution in [0.3, 0.4) is 0 Å². The highest BCUT2D eigenvalue weighted by atomic mass is 15.3. The number of rotatable bonds is 2. The van der Waals surface area contributed by atoms with Crippen LogP contribution < -0.4 is 9.80 Å². The largest absolute Gasteiger partial charge is 0.356 e. The molecule has 0 N–H and O–H groups in total. The van der Waals surface area contributed by atoms with Crippen molar-refractivity contribution >= 4 is 11.8 Å². The molecule has 116 valence electrons. The molecular weight excluding hydrogens is 260 g/mol. The van der Waals surface area contributed by atoms with Crippen LogP contribution in [0.15, 0.2) is 6.07 Å². The topological polar surface area (TPSA) is 32.3 Å². The molecular formula is C17H28N4. The summed E-state index contributed by atoms with van der Waals surface area (Å²) in [6.45, 7) is 11.2. The van der Waals surface area contributed by atoms with Gasteiger partial charge in [0.2, 0.25) is 5.95 Å². The molecule has 2 aliphatic heterocycles. The standard InChI is InChI=1S/C17H28N4/c1-13-4-8-20(9-5-13)16-12-15(3)18-17(19-16)21-10-6-14(2)7-11-21/h12-14H,4-11H2,1-3H3. The lowest BCUT2D eigenvalue weighted by Gasteiger charge is -2.33. The Morgan fingerprint density at radius 1 is 0.857 bits per heavy atom. The van der Waals surface area contributed by atoms with Gasteiger partial charge in [-0.05, 0) is 44.4 Å². The van der Waals surface area contributed by atoms with Crippen molar-refractivity contribution in [2.24, 2.45) is 11.8 Å². The van der Waals surface area contributed by atoms with E-state index >= 15 is 0 Å². The van der Waals surface area contributed by atoms with Crippen LogP contribution in [0.1, 0.15) is 45.2 Å². The van der Waals surface area contributed by atoms with Gasteiger partial charge in [-0.25, -0.2) is 4.98 Å². The van der Waals surface area contributed by atoms with Gasteiger partial charge < -0.3 is 9.80 Å². The highest BCUT2D eigenvalue weighted by Gasteiger charge is 2.21. The van der Waals surface area contributed by atoms with E-state index in [0.717, 1.165) is 55.5 Å². The van der Waals surface area contributed by atoms with Crippen LogP contribution in [0.2, 0.25) is 0 Å². The fraction of sp³-hybridized carbons (Fsp3) is 0.765. The number of hydrogen-bond acceptors (Lipinski definition) is 4. The van der Waals surface area contributed by atoms with Crippen molar-refractivity contribution in [2.75, 3.05) is 36.0 Å². The first-order chi connectivity index (χ1) is 10.1. The van der Waals surface area contributed by atoms with Crippen molar-refractivity contribution in [3.8, 4) is 0 Å². The Bertz CT molecular complexity index is 431. The minimum Gasteiger partial charge on any atom is -0.356 e. The van der Waals surface area contributed by atoms with E-state index in [1.165, 1.54) is 25.7 Å². The Labute approximate surface area is 128 Å². The first-order valence-corrected chi connectivity index (χ1v) is 8.47. The number of aryl methyl sites for hydroxylation is 1. The first-order valence-electron chi connectivity index (χ1n) is 8.47. The molecule has 2 aliphatic rings. The third-order valence-corrected chi connectivity index (χ3v) is 5.00. The van der Waals surface area contributed by atoms with Crippen molar-refractivity contribution < 1.29 is 0 Å². The van der Waals surface area contributed by atoms with Gasteiger partial charge in [0.15, 0.2) is 0 Å². The monoisotopic (exact) mass is 288 g/mol. The van der Waals surface area contributed by atoms with Crippen molar-refractivity contribution in [2.45, 2.75) is 46.5 Å². The van der Waals surface area contributed by atoms with Gasteiger partial charge in [0.25, 0.3) is 0 Å². The van der Waals surface area contributed by atoms with Gasteiger partial charge in [-0.1, -0.05) is 13.8 Å². The van der Waals surface area contributed by atoms with Gasteiger partial charge in [-0.2, -0.15) is 4.98 Å². The van der Waals surface area contributed by atoms with E-state index in [1.807, 2.05) is 0 Å². The minimum absolute atomic E-state index is 0.842. The zero-order valence-electron chi connectivity index (χ0n) is 13.7. The molecule has 0 aromatic carbocycles. The molecule has 2 saturated heterocycles. The van der Waals surface area contributed by atoms with E-state index in [0.29, 0.717) is 0 Å². The Kier molecular flexibility index (Phi) is 4.32. The summed E-state index contributed by atoms with van der Waals surface area (Å²) in [6.07, 6.45) is 5.07. The van der Waals surface area contributed by atoms with E-state index in [2.05, 4.69) is 41.6 Å². The third kappa shape index (κ3) is 3.47. The van der Waals surface area contributed by atoms with Gasteiger partial charge in [0.05, 0.1) is 0 Å². The second kappa shape index (κ2) is 6.20. The molecule has 1 aromatic heterocycles. The summed E-state index contributed by atoms with van der Waals surface area (Å²) in [7, 11) is 0. The molecule has 3 rings (SSSR count). The Morgan fingerprint density at radius 3 is 1.95 bits per heavy atom. The second-order valence-corrected chi connectivity index (χ2v) is 7.01. The minimum atomic E-state index is 0.842. The SMILES string of the molecule is Cc1cc(N2CCC(C)CC2)nc(N2CCC(C)CC2)n1. The molecule has 0 bridgehead atoms. The summed E-state index contributed by atoms with van der Waals surface area (Å²) in [4.78, 5) is 14.4. The maximum absolute atomic E-state index is 4.87. The fourth-order valence-corrected chi connectivity index (χ4v) is 3.29. The molecule has 21 heavy (non-hydrogen) atoms. The van der Waals surface area contributed by atoms with E-state index in [-0.39, 0.29) is 0 Å². The molecule has 0 spiro atoms. The van der Waals surface area contributed by atoms with Crippen LogP contribution in [0, 0.1) is 18.8 Å². The number of anilines is 2. The third-order valence-electron chi connectivity index (χ3n) is 5.00. The number of aromatic nitrogens is 2. The highest BCUT2D eigenvalue weighted by Crippen LogP contribution is 2.25. The van der Waals surface area contributed by atoms with E-state index in [4.69, 9.17) is 4.98 Å². The van der Waals surface area contributed by atoms with Crippen LogP contribution in [-0.2, 0) is 0 Å². The number of piperidine rings is 2. The number of hydrogen-bond donors (Lipinski definition) is 0. The van der Waals surface area contributed by atoms with Gasteiger partial charge in [-0.3, -0.25) is 0 Å². The van der Waals surface area contributed by atoms with E-state index < -0.39 is 0 Å². The average Bonchev–Trinajstić information content (AvgIpc) is 2.48. The molecule has 4 nitrogen and oxygen atoms in total. The van der Waals surface area contributed by atoms with Gasteiger partial charge in [-0.15, -0.1) is 0 Å². The summed E-state index contributed by atoms with van der Waals surface area (Å²) < 4.78 is 0. The summed E-state index contributed by atoms with van der Waals surface area (Å²) in [5, 5.41) is 0. The quantitative estimate of drug-likeness (QED) is 0.836. The summed E-state index contributed by atoms with van der Waals surface area (Å²) in [5.41, 5.74) is 1.09. The van der Waals surface area contributed by atoms with Gasteiger partial charge >= 0.3 is 0 Å². The average molecular weight is 288 g/mol. The van der Waals surface area contributed by atoms with Gasteiger partial charge in [0.1, 0.15) is 5.82 Å². The molecule has 2 fully saturated rings. The van der Waals surface area contributed by atoms with Crippen molar-refractivity contribution in [3.05, 3.63) is 11.8 Å². The molecule has 1 aromatic rings. The molecule has 0 aliphatic carbocycles. The van der Waals surface area contributed by atoms with E-state index in [9.17, 15) is 0 Å². The van der Waals surface area contributed by atoms with Crippen molar-refractivity contribution in [1.29, 1.82) is 0 Å². The van der Waals surface area contributed by atoms with Crippen LogP contribution in [0.25, 0.3) is 0 Å². The lowest BCUT2D eigenvalue weighted by atomic mass is 9.99. The zero-order chi connectivity index (χ0) is 14.8. The molecule has 0 saturated carbocycles. The Hall–Kier alpha value is -1.32. The normalized spacial score (nSPS) is 21.9.